The van der Waals surface area contributed by atoms with E-state index in [0.717, 1.165) is 40.3 Å². The van der Waals surface area contributed by atoms with E-state index in [2.05, 4.69) is 137 Å². The molecular formula is C43H36N4. The van der Waals surface area contributed by atoms with Crippen LogP contribution in [0, 0.1) is 11.8 Å². The summed E-state index contributed by atoms with van der Waals surface area (Å²) < 4.78 is 2.35. The summed E-state index contributed by atoms with van der Waals surface area (Å²) in [5, 5.41) is 2.56. The average molecular weight is 609 g/mol. The molecule has 0 radical (unpaired) electrons. The molecule has 4 bridgehead atoms. The van der Waals surface area contributed by atoms with Gasteiger partial charge in [0.15, 0.2) is 5.82 Å². The zero-order chi connectivity index (χ0) is 30.9. The lowest BCUT2D eigenvalue weighted by molar-refractivity contribution is 0.0900. The predicted octanol–water partition coefficient (Wildman–Crippen LogP) is 10.3. The molecule has 0 N–H and O–H groups in total. The van der Waals surface area contributed by atoms with Crippen LogP contribution in [0.15, 0.2) is 133 Å². The SMILES string of the molecule is c1ccc(-c2cccc(-c3cc(-n4c5ccccc5c5cc(N6C7CC8CC(C7)CC6C8)ccc54)nc(-c4ccccc4)n3)c2)cc1. The molecule has 4 fully saturated rings. The Morgan fingerprint density at radius 2 is 1.11 bits per heavy atom. The molecule has 4 nitrogen and oxygen atoms in total. The summed E-state index contributed by atoms with van der Waals surface area (Å²) in [5.74, 6) is 3.50. The minimum atomic E-state index is 0.696. The number of hydrogen-bond donors (Lipinski definition) is 0. The molecule has 4 aliphatic rings. The highest BCUT2D eigenvalue weighted by atomic mass is 15.2. The summed E-state index contributed by atoms with van der Waals surface area (Å²) in [7, 11) is 0. The summed E-state index contributed by atoms with van der Waals surface area (Å²) in [6, 6.07) is 49.2. The Balaban J connectivity index is 1.15. The second kappa shape index (κ2) is 10.7. The van der Waals surface area contributed by atoms with Gasteiger partial charge in [0, 0.05) is 45.7 Å². The predicted molar refractivity (Wildman–Crippen MR) is 193 cm³/mol. The second-order valence-electron chi connectivity index (χ2n) is 13.9. The molecule has 47 heavy (non-hydrogen) atoms. The summed E-state index contributed by atoms with van der Waals surface area (Å²) in [6.45, 7) is 0. The van der Waals surface area contributed by atoms with Crippen LogP contribution < -0.4 is 4.90 Å². The zero-order valence-electron chi connectivity index (χ0n) is 26.3. The van der Waals surface area contributed by atoms with E-state index >= 15 is 0 Å². The van der Waals surface area contributed by atoms with Gasteiger partial charge in [0.2, 0.25) is 0 Å². The van der Waals surface area contributed by atoms with E-state index in [0.29, 0.717) is 12.1 Å². The molecule has 4 heteroatoms. The molecule has 228 valence electrons. The van der Waals surface area contributed by atoms with E-state index in [1.165, 1.54) is 70.7 Å². The van der Waals surface area contributed by atoms with E-state index in [9.17, 15) is 0 Å². The van der Waals surface area contributed by atoms with Gasteiger partial charge in [-0.1, -0.05) is 97.1 Å². The van der Waals surface area contributed by atoms with Gasteiger partial charge in [-0.05, 0) is 85.4 Å². The van der Waals surface area contributed by atoms with E-state index in [-0.39, 0.29) is 0 Å². The molecule has 2 saturated heterocycles. The third-order valence-corrected chi connectivity index (χ3v) is 11.1. The number of aromatic nitrogens is 3. The first kappa shape index (κ1) is 26.9. The van der Waals surface area contributed by atoms with Crippen LogP contribution in [0.4, 0.5) is 5.69 Å². The van der Waals surface area contributed by atoms with Crippen LogP contribution in [0.1, 0.15) is 32.1 Å². The van der Waals surface area contributed by atoms with Gasteiger partial charge < -0.3 is 4.90 Å². The maximum atomic E-state index is 5.27. The van der Waals surface area contributed by atoms with Gasteiger partial charge in [-0.3, -0.25) is 4.57 Å². The number of benzene rings is 5. The first-order chi connectivity index (χ1) is 23.2. The molecule has 0 atom stereocenters. The molecular weight excluding hydrogens is 573 g/mol. The first-order valence-corrected chi connectivity index (χ1v) is 17.2. The largest absolute Gasteiger partial charge is 0.366 e. The number of hydrogen-bond acceptors (Lipinski definition) is 3. The molecule has 7 aromatic rings. The summed E-state index contributed by atoms with van der Waals surface area (Å²) >= 11 is 0. The van der Waals surface area contributed by atoms with Crippen molar-refractivity contribution in [1.82, 2.24) is 14.5 Å². The van der Waals surface area contributed by atoms with Crippen LogP contribution >= 0.6 is 0 Å². The lowest BCUT2D eigenvalue weighted by Crippen LogP contribution is -2.58. The molecule has 2 aliphatic heterocycles. The Labute approximate surface area is 275 Å². The molecule has 2 saturated carbocycles. The summed E-state index contributed by atoms with van der Waals surface area (Å²) in [6.07, 6.45) is 6.93. The van der Waals surface area contributed by atoms with Crippen LogP contribution in [-0.2, 0) is 0 Å². The quantitative estimate of drug-likeness (QED) is 0.195. The Hall–Kier alpha value is -5.22. The number of anilines is 1. The van der Waals surface area contributed by atoms with Crippen molar-refractivity contribution in [2.45, 2.75) is 44.2 Å². The monoisotopic (exact) mass is 608 g/mol. The van der Waals surface area contributed by atoms with Crippen molar-refractivity contribution >= 4 is 27.5 Å². The molecule has 0 unspecified atom stereocenters. The lowest BCUT2D eigenvalue weighted by atomic mass is 9.63. The van der Waals surface area contributed by atoms with Gasteiger partial charge in [0.1, 0.15) is 5.82 Å². The molecule has 2 aromatic heterocycles. The van der Waals surface area contributed by atoms with Gasteiger partial charge in [-0.25, -0.2) is 9.97 Å². The summed E-state index contributed by atoms with van der Waals surface area (Å²) in [4.78, 5) is 13.2. The van der Waals surface area contributed by atoms with Crippen LogP contribution in [0.25, 0.3) is 61.4 Å². The van der Waals surface area contributed by atoms with E-state index in [1.807, 2.05) is 6.07 Å². The highest BCUT2D eigenvalue weighted by Gasteiger charge is 2.46. The van der Waals surface area contributed by atoms with Crippen LogP contribution in [0.2, 0.25) is 0 Å². The molecule has 0 amide bonds. The smallest absolute Gasteiger partial charge is 0.162 e. The van der Waals surface area contributed by atoms with E-state index in [1.54, 1.807) is 0 Å². The fraction of sp³-hybridized carbons (Fsp3) is 0.209. The van der Waals surface area contributed by atoms with Crippen molar-refractivity contribution in [2.75, 3.05) is 4.90 Å². The van der Waals surface area contributed by atoms with Crippen LogP contribution in [-0.4, -0.2) is 26.6 Å². The maximum Gasteiger partial charge on any atom is 0.162 e. The normalized spacial score (nSPS) is 21.6. The topological polar surface area (TPSA) is 34.0 Å². The van der Waals surface area contributed by atoms with Gasteiger partial charge >= 0.3 is 0 Å². The minimum absolute atomic E-state index is 0.696. The summed E-state index contributed by atoms with van der Waals surface area (Å²) in [5.41, 5.74) is 9.10. The van der Waals surface area contributed by atoms with Gasteiger partial charge in [0.05, 0.1) is 16.7 Å². The molecule has 0 spiro atoms. The second-order valence-corrected chi connectivity index (χ2v) is 13.9. The highest BCUT2D eigenvalue weighted by molar-refractivity contribution is 6.10. The lowest BCUT2D eigenvalue weighted by Gasteiger charge is -2.57. The Bertz CT molecular complexity index is 2240. The number of nitrogens with zero attached hydrogens (tertiary/aromatic N) is 4. The molecule has 5 aromatic carbocycles. The number of piperidine rings is 2. The Morgan fingerprint density at radius 3 is 1.87 bits per heavy atom. The minimum Gasteiger partial charge on any atom is -0.366 e. The Kier molecular flexibility index (Phi) is 6.12. The fourth-order valence-electron chi connectivity index (χ4n) is 9.22. The van der Waals surface area contributed by atoms with Gasteiger partial charge in [-0.2, -0.15) is 0 Å². The first-order valence-electron chi connectivity index (χ1n) is 17.2. The zero-order valence-corrected chi connectivity index (χ0v) is 26.3. The number of rotatable bonds is 5. The van der Waals surface area contributed by atoms with Crippen LogP contribution in [0.5, 0.6) is 0 Å². The van der Waals surface area contributed by atoms with E-state index in [4.69, 9.17) is 9.97 Å². The standard InChI is InChI=1S/C43H36N4/c1-3-10-30(11-4-1)32-14-9-15-33(25-32)39-27-42(45-43(44-39)31-12-5-2-6-13-31)47-40-17-8-7-16-37(40)38-26-34(18-19-41(38)47)46-35-21-28-20-29(23-35)24-36(46)22-28/h1-19,25-29,35-36H,20-24H2. The van der Waals surface area contributed by atoms with Crippen molar-refractivity contribution in [3.05, 3.63) is 133 Å². The Morgan fingerprint density at radius 1 is 0.468 bits per heavy atom. The number of para-hydroxylation sites is 1. The van der Waals surface area contributed by atoms with Crippen molar-refractivity contribution in [1.29, 1.82) is 0 Å². The van der Waals surface area contributed by atoms with E-state index < -0.39 is 0 Å². The molecule has 11 rings (SSSR count). The van der Waals surface area contributed by atoms with Crippen molar-refractivity contribution in [2.24, 2.45) is 11.8 Å². The third kappa shape index (κ3) is 4.50. The number of fused-ring (bicyclic) bond motifs is 3. The van der Waals surface area contributed by atoms with Crippen molar-refractivity contribution in [3.8, 4) is 39.6 Å². The van der Waals surface area contributed by atoms with Crippen LogP contribution in [0.3, 0.4) is 0 Å². The van der Waals surface area contributed by atoms with Crippen molar-refractivity contribution < 1.29 is 0 Å². The third-order valence-electron chi connectivity index (χ3n) is 11.1. The van der Waals surface area contributed by atoms with Gasteiger partial charge in [0.25, 0.3) is 0 Å². The maximum absolute atomic E-state index is 5.27. The van der Waals surface area contributed by atoms with Gasteiger partial charge in [-0.15, -0.1) is 0 Å². The average Bonchev–Trinajstić information content (AvgIpc) is 3.46. The van der Waals surface area contributed by atoms with Crippen molar-refractivity contribution in [3.63, 3.8) is 0 Å². The molecule has 4 heterocycles. The highest BCUT2D eigenvalue weighted by Crippen LogP contribution is 2.51. The molecule has 2 aliphatic carbocycles. The fourth-order valence-corrected chi connectivity index (χ4v) is 9.22.